The first kappa shape index (κ1) is 21.9. The van der Waals surface area contributed by atoms with E-state index >= 15 is 0 Å². The van der Waals surface area contributed by atoms with Crippen molar-refractivity contribution >= 4 is 45.2 Å². The lowest BCUT2D eigenvalue weighted by Gasteiger charge is -2.30. The van der Waals surface area contributed by atoms with E-state index in [1.165, 1.54) is 6.92 Å². The predicted molar refractivity (Wildman–Crippen MR) is 122 cm³/mol. The number of hydrogen-bond donors (Lipinski definition) is 2. The quantitative estimate of drug-likeness (QED) is 0.627. The first-order valence-corrected chi connectivity index (χ1v) is 10.9. The molecule has 2 aliphatic rings. The number of hydrogen-bond acceptors (Lipinski definition) is 5. The number of methoxy groups -OCH3 is 1. The zero-order valence-electron chi connectivity index (χ0n) is 17.6. The third kappa shape index (κ3) is 4.20. The average molecular weight is 500 g/mol. The topological polar surface area (TPSA) is 97.0 Å². The molecule has 0 saturated carbocycles. The number of esters is 1. The van der Waals surface area contributed by atoms with Gasteiger partial charge in [-0.25, -0.2) is 4.79 Å². The molecule has 32 heavy (non-hydrogen) atoms. The molecule has 0 fully saturated rings. The number of para-hydroxylation sites is 1. The van der Waals surface area contributed by atoms with Crippen molar-refractivity contribution in [2.45, 2.75) is 19.4 Å². The number of benzene rings is 2. The van der Waals surface area contributed by atoms with Gasteiger partial charge in [0.15, 0.2) is 6.61 Å². The second kappa shape index (κ2) is 9.04. The fraction of sp³-hybridized carbons (Fsp3) is 0.261. The number of nitrogens with zero attached hydrogens (tertiary/aromatic N) is 1. The molecule has 8 nitrogen and oxygen atoms in total. The number of halogens is 1. The van der Waals surface area contributed by atoms with Crippen LogP contribution in [0.5, 0.6) is 5.75 Å². The molecule has 2 heterocycles. The third-order valence-corrected chi connectivity index (χ3v) is 6.08. The lowest BCUT2D eigenvalue weighted by atomic mass is 9.91. The molecule has 2 N–H and O–H groups in total. The number of carbonyl (C=O) groups excluding carboxylic acids is 3. The molecule has 0 radical (unpaired) electrons. The van der Waals surface area contributed by atoms with Crippen LogP contribution in [0.15, 0.2) is 52.5 Å². The maximum atomic E-state index is 12.9. The normalized spacial score (nSPS) is 17.4. The summed E-state index contributed by atoms with van der Waals surface area (Å²) in [5, 5.41) is 5.93. The van der Waals surface area contributed by atoms with Gasteiger partial charge in [0.25, 0.3) is 5.91 Å². The molecule has 3 amide bonds. The highest BCUT2D eigenvalue weighted by Gasteiger charge is 2.34. The average Bonchev–Trinajstić information content (AvgIpc) is 2.94. The zero-order valence-corrected chi connectivity index (χ0v) is 19.2. The van der Waals surface area contributed by atoms with Crippen LogP contribution >= 0.6 is 15.9 Å². The molecule has 1 atom stereocenters. The molecule has 4 rings (SSSR count). The summed E-state index contributed by atoms with van der Waals surface area (Å²) in [6.45, 7) is 1.30. The van der Waals surface area contributed by atoms with Crippen molar-refractivity contribution in [1.82, 2.24) is 10.6 Å². The maximum absolute atomic E-state index is 12.9. The van der Waals surface area contributed by atoms with Gasteiger partial charge in [-0.15, -0.1) is 0 Å². The van der Waals surface area contributed by atoms with Gasteiger partial charge in [0.2, 0.25) is 0 Å². The van der Waals surface area contributed by atoms with Crippen LogP contribution < -0.4 is 20.3 Å². The second-order valence-electron chi connectivity index (χ2n) is 7.42. The van der Waals surface area contributed by atoms with Crippen molar-refractivity contribution in [1.29, 1.82) is 0 Å². The number of anilines is 1. The van der Waals surface area contributed by atoms with E-state index in [1.807, 2.05) is 42.5 Å². The fourth-order valence-corrected chi connectivity index (χ4v) is 4.58. The minimum Gasteiger partial charge on any atom is -0.496 e. The highest BCUT2D eigenvalue weighted by Crippen LogP contribution is 2.40. The molecule has 0 saturated heterocycles. The smallest absolute Gasteiger partial charge is 0.320 e. The van der Waals surface area contributed by atoms with E-state index in [4.69, 9.17) is 9.47 Å². The number of nitrogens with one attached hydrogen (secondary N) is 2. The molecule has 9 heteroatoms. The number of fused-ring (bicyclic) bond motifs is 2. The lowest BCUT2D eigenvalue weighted by Crippen LogP contribution is -2.43. The number of urea groups is 1. The highest BCUT2D eigenvalue weighted by atomic mass is 79.9. The number of rotatable bonds is 4. The minimum absolute atomic E-state index is 0.324. The number of ether oxygens (including phenoxy) is 2. The summed E-state index contributed by atoms with van der Waals surface area (Å²) < 4.78 is 11.0. The molecular formula is C23H22BrN3O5. The van der Waals surface area contributed by atoms with Crippen LogP contribution in [0.2, 0.25) is 0 Å². The molecular weight excluding hydrogens is 478 g/mol. The van der Waals surface area contributed by atoms with Crippen LogP contribution in [0, 0.1) is 0 Å². The Morgan fingerprint density at radius 2 is 2.00 bits per heavy atom. The summed E-state index contributed by atoms with van der Waals surface area (Å²) in [7, 11) is 1.59. The molecule has 0 bridgehead atoms. The molecule has 0 aliphatic carbocycles. The van der Waals surface area contributed by atoms with E-state index in [-0.39, 0.29) is 24.6 Å². The Hall–Kier alpha value is -3.33. The molecule has 0 aromatic heterocycles. The monoisotopic (exact) mass is 499 g/mol. The largest absolute Gasteiger partial charge is 0.496 e. The van der Waals surface area contributed by atoms with Crippen molar-refractivity contribution in [3.63, 3.8) is 0 Å². The molecule has 166 valence electrons. The molecule has 1 unspecified atom stereocenters. The van der Waals surface area contributed by atoms with Crippen LogP contribution in [-0.4, -0.2) is 38.2 Å². The van der Waals surface area contributed by atoms with Crippen LogP contribution in [0.4, 0.5) is 10.5 Å². The van der Waals surface area contributed by atoms with Gasteiger partial charge >= 0.3 is 12.0 Å². The molecule has 2 aromatic carbocycles. The van der Waals surface area contributed by atoms with Crippen LogP contribution in [-0.2, 0) is 14.3 Å². The van der Waals surface area contributed by atoms with Crippen LogP contribution in [0.3, 0.4) is 0 Å². The van der Waals surface area contributed by atoms with E-state index in [2.05, 4.69) is 26.6 Å². The molecule has 0 spiro atoms. The molecule has 2 aromatic rings. The number of carbonyl (C=O) groups is 3. The van der Waals surface area contributed by atoms with Crippen molar-refractivity contribution < 1.29 is 23.9 Å². The Morgan fingerprint density at radius 1 is 1.22 bits per heavy atom. The van der Waals surface area contributed by atoms with E-state index in [0.717, 1.165) is 21.2 Å². The predicted octanol–water partition coefficient (Wildman–Crippen LogP) is 3.52. The van der Waals surface area contributed by atoms with Crippen molar-refractivity contribution in [2.24, 2.45) is 0 Å². The lowest BCUT2D eigenvalue weighted by molar-refractivity contribution is -0.145. The van der Waals surface area contributed by atoms with Crippen molar-refractivity contribution in [3.05, 3.63) is 63.6 Å². The summed E-state index contributed by atoms with van der Waals surface area (Å²) >= 11 is 3.51. The summed E-state index contributed by atoms with van der Waals surface area (Å²) in [5.74, 6) is -0.146. The van der Waals surface area contributed by atoms with Gasteiger partial charge < -0.3 is 25.0 Å². The van der Waals surface area contributed by atoms with Crippen LogP contribution in [0.1, 0.15) is 30.5 Å². The first-order valence-electron chi connectivity index (χ1n) is 10.1. The fourth-order valence-electron chi connectivity index (χ4n) is 4.02. The standard InChI is InChI=1S/C23H22BrN3O5/c1-13(28)32-12-20(29)27-10-9-16-21(14-7-8-19(31-2)17(24)11-14)25-23(30)26-22(16)15-5-3-4-6-18(15)27/h3-8,11,21H,9-10,12H2,1-2H3,(H2,25,26,30). The Balaban J connectivity index is 1.76. The maximum Gasteiger partial charge on any atom is 0.320 e. The Labute approximate surface area is 193 Å². The summed E-state index contributed by atoms with van der Waals surface area (Å²) in [6, 6.07) is 12.3. The van der Waals surface area contributed by atoms with Gasteiger partial charge in [0.1, 0.15) is 5.75 Å². The van der Waals surface area contributed by atoms with Crippen molar-refractivity contribution in [3.8, 4) is 5.75 Å². The van der Waals surface area contributed by atoms with Gasteiger partial charge in [0.05, 0.1) is 29.0 Å². The highest BCUT2D eigenvalue weighted by molar-refractivity contribution is 9.10. The van der Waals surface area contributed by atoms with E-state index < -0.39 is 5.97 Å². The third-order valence-electron chi connectivity index (χ3n) is 5.46. The minimum atomic E-state index is -0.513. The van der Waals surface area contributed by atoms with Gasteiger partial charge in [0, 0.05) is 19.0 Å². The Kier molecular flexibility index (Phi) is 6.18. The second-order valence-corrected chi connectivity index (χ2v) is 8.27. The molecule has 2 aliphatic heterocycles. The van der Waals surface area contributed by atoms with E-state index in [0.29, 0.717) is 30.1 Å². The SMILES string of the molecule is COc1ccc(C2NC(=O)NC3=C2CCN(C(=O)COC(C)=O)c2ccccc23)cc1Br. The van der Waals surface area contributed by atoms with Crippen molar-refractivity contribution in [2.75, 3.05) is 25.2 Å². The van der Waals surface area contributed by atoms with Crippen LogP contribution in [0.25, 0.3) is 5.70 Å². The zero-order chi connectivity index (χ0) is 22.8. The van der Waals surface area contributed by atoms with Gasteiger partial charge in [-0.05, 0) is 51.7 Å². The summed E-state index contributed by atoms with van der Waals surface area (Å²) in [5.41, 5.74) is 3.92. The Morgan fingerprint density at radius 3 is 2.72 bits per heavy atom. The van der Waals surface area contributed by atoms with Gasteiger partial charge in [-0.1, -0.05) is 24.3 Å². The van der Waals surface area contributed by atoms with E-state index in [1.54, 1.807) is 12.0 Å². The van der Waals surface area contributed by atoms with Gasteiger partial charge in [-0.2, -0.15) is 0 Å². The summed E-state index contributed by atoms with van der Waals surface area (Å²) in [4.78, 5) is 38.2. The first-order chi connectivity index (χ1) is 15.4. The van der Waals surface area contributed by atoms with E-state index in [9.17, 15) is 14.4 Å². The Bertz CT molecular complexity index is 1130. The van der Waals surface area contributed by atoms with Gasteiger partial charge in [-0.3, -0.25) is 9.59 Å². The number of amides is 3. The summed E-state index contributed by atoms with van der Waals surface area (Å²) in [6.07, 6.45) is 0.511.